The Bertz CT molecular complexity index is 697. The lowest BCUT2D eigenvalue weighted by Gasteiger charge is -2.25. The van der Waals surface area contributed by atoms with Crippen molar-refractivity contribution in [2.75, 3.05) is 20.6 Å². The third-order valence-electron chi connectivity index (χ3n) is 3.64. The zero-order valence-corrected chi connectivity index (χ0v) is 15.0. The fraction of sp³-hybridized carbons (Fsp3) is 0.571. The van der Waals surface area contributed by atoms with E-state index in [1.165, 1.54) is 22.2 Å². The summed E-state index contributed by atoms with van der Waals surface area (Å²) in [5.41, 5.74) is 0. The Hall–Kier alpha value is -1.45. The number of carbonyl (C=O) groups excluding carboxylic acids is 2. The highest BCUT2D eigenvalue weighted by Crippen LogP contribution is 2.30. The summed E-state index contributed by atoms with van der Waals surface area (Å²) in [5.74, 6) is -0.361. The predicted octanol–water partition coefficient (Wildman–Crippen LogP) is 0.626. The average molecular weight is 359 g/mol. The fourth-order valence-corrected chi connectivity index (χ4v) is 5.57. The van der Waals surface area contributed by atoms with Gasteiger partial charge in [0.25, 0.3) is 10.0 Å². The minimum absolute atomic E-state index is 0.168. The molecule has 7 nitrogen and oxygen atoms in total. The number of nitrogens with zero attached hydrogens (tertiary/aromatic N) is 2. The van der Waals surface area contributed by atoms with Crippen molar-refractivity contribution in [1.82, 2.24) is 14.5 Å². The van der Waals surface area contributed by atoms with E-state index in [0.29, 0.717) is 25.9 Å². The Balaban J connectivity index is 2.20. The summed E-state index contributed by atoms with van der Waals surface area (Å²) in [5, 5.41) is 2.64. The molecule has 128 valence electrons. The van der Waals surface area contributed by atoms with E-state index in [0.717, 1.165) is 16.2 Å². The second-order valence-electron chi connectivity index (χ2n) is 5.64. The number of nitrogens with one attached hydrogen (secondary N) is 1. The van der Waals surface area contributed by atoms with Crippen LogP contribution in [0.2, 0.25) is 0 Å². The summed E-state index contributed by atoms with van der Waals surface area (Å²) < 4.78 is 27.1. The molecule has 0 radical (unpaired) electrons. The van der Waals surface area contributed by atoms with Crippen LogP contribution >= 0.6 is 11.3 Å². The van der Waals surface area contributed by atoms with E-state index >= 15 is 0 Å². The van der Waals surface area contributed by atoms with Gasteiger partial charge in [0.1, 0.15) is 10.3 Å². The van der Waals surface area contributed by atoms with Crippen molar-refractivity contribution in [3.05, 3.63) is 17.0 Å². The molecule has 9 heteroatoms. The molecule has 0 saturated carbocycles. The van der Waals surface area contributed by atoms with E-state index in [9.17, 15) is 18.0 Å². The van der Waals surface area contributed by atoms with Crippen molar-refractivity contribution < 1.29 is 18.0 Å². The summed E-state index contributed by atoms with van der Waals surface area (Å²) in [6.45, 7) is 2.06. The number of hydrogen-bond acceptors (Lipinski definition) is 5. The first-order valence-electron chi connectivity index (χ1n) is 7.29. The molecule has 1 aliphatic rings. The van der Waals surface area contributed by atoms with Crippen LogP contribution in [0, 0.1) is 0 Å². The standard InChI is InChI=1S/C14H21N3O4S2/c1-10(18)15-9-11-6-7-13(22-11)23(20,21)17-8-4-5-12(17)14(19)16(2)3/h6-7,12H,4-5,8-9H2,1-3H3,(H,15,18). The topological polar surface area (TPSA) is 86.8 Å². The van der Waals surface area contributed by atoms with Crippen molar-refractivity contribution in [1.29, 1.82) is 0 Å². The lowest BCUT2D eigenvalue weighted by molar-refractivity contribution is -0.132. The van der Waals surface area contributed by atoms with Crippen molar-refractivity contribution in [3.8, 4) is 0 Å². The number of hydrogen-bond donors (Lipinski definition) is 1. The number of sulfonamides is 1. The van der Waals surface area contributed by atoms with Gasteiger partial charge in [0.15, 0.2) is 0 Å². The highest BCUT2D eigenvalue weighted by atomic mass is 32.2. The third kappa shape index (κ3) is 3.91. The maximum absolute atomic E-state index is 12.8. The van der Waals surface area contributed by atoms with Gasteiger partial charge in [-0.15, -0.1) is 11.3 Å². The number of carbonyl (C=O) groups is 2. The minimum Gasteiger partial charge on any atom is -0.351 e. The fourth-order valence-electron chi connectivity index (χ4n) is 2.49. The van der Waals surface area contributed by atoms with Crippen LogP contribution < -0.4 is 5.32 Å². The second kappa shape index (κ2) is 6.98. The zero-order chi connectivity index (χ0) is 17.2. The Kier molecular flexibility index (Phi) is 5.43. The minimum atomic E-state index is -3.69. The van der Waals surface area contributed by atoms with Gasteiger partial charge in [-0.1, -0.05) is 0 Å². The molecule has 1 unspecified atom stereocenters. The monoisotopic (exact) mass is 359 g/mol. The predicted molar refractivity (Wildman–Crippen MR) is 87.4 cm³/mol. The molecule has 0 bridgehead atoms. The van der Waals surface area contributed by atoms with E-state index < -0.39 is 16.1 Å². The maximum Gasteiger partial charge on any atom is 0.253 e. The van der Waals surface area contributed by atoms with Gasteiger partial charge in [0, 0.05) is 32.4 Å². The van der Waals surface area contributed by atoms with Gasteiger partial charge in [0.05, 0.1) is 6.54 Å². The zero-order valence-electron chi connectivity index (χ0n) is 13.4. The van der Waals surface area contributed by atoms with Crippen LogP contribution in [-0.2, 0) is 26.2 Å². The first kappa shape index (κ1) is 17.9. The summed E-state index contributed by atoms with van der Waals surface area (Å²) >= 11 is 1.12. The van der Waals surface area contributed by atoms with Gasteiger partial charge >= 0.3 is 0 Å². The molecule has 0 spiro atoms. The summed E-state index contributed by atoms with van der Waals surface area (Å²) in [6, 6.07) is 2.59. The lowest BCUT2D eigenvalue weighted by atomic mass is 10.2. The van der Waals surface area contributed by atoms with E-state index in [1.54, 1.807) is 20.2 Å². The molecule has 1 saturated heterocycles. The largest absolute Gasteiger partial charge is 0.351 e. The van der Waals surface area contributed by atoms with Gasteiger partial charge in [-0.25, -0.2) is 8.42 Å². The molecular formula is C14H21N3O4S2. The summed E-state index contributed by atoms with van der Waals surface area (Å²) in [4.78, 5) is 25.3. The van der Waals surface area contributed by atoms with Crippen molar-refractivity contribution in [2.24, 2.45) is 0 Å². The lowest BCUT2D eigenvalue weighted by Crippen LogP contribution is -2.45. The molecule has 23 heavy (non-hydrogen) atoms. The summed E-state index contributed by atoms with van der Waals surface area (Å²) in [6.07, 6.45) is 1.22. The molecular weight excluding hydrogens is 338 g/mol. The Morgan fingerprint density at radius 2 is 2.09 bits per heavy atom. The van der Waals surface area contributed by atoms with Gasteiger partial charge in [0.2, 0.25) is 11.8 Å². The molecule has 0 aliphatic carbocycles. The molecule has 1 aromatic rings. The first-order chi connectivity index (χ1) is 10.7. The Morgan fingerprint density at radius 3 is 2.70 bits per heavy atom. The molecule has 2 rings (SSSR count). The third-order valence-corrected chi connectivity index (χ3v) is 7.10. The number of amides is 2. The van der Waals surface area contributed by atoms with Gasteiger partial charge in [-0.2, -0.15) is 4.31 Å². The molecule has 1 aliphatic heterocycles. The SMILES string of the molecule is CC(=O)NCc1ccc(S(=O)(=O)N2CCCC2C(=O)N(C)C)s1. The number of likely N-dealkylation sites (N-methyl/N-ethyl adjacent to an activating group) is 1. The van der Waals surface area contributed by atoms with E-state index in [1.807, 2.05) is 0 Å². The van der Waals surface area contributed by atoms with Crippen LogP contribution in [0.25, 0.3) is 0 Å². The van der Waals surface area contributed by atoms with Crippen LogP contribution in [0.1, 0.15) is 24.6 Å². The molecule has 1 aromatic heterocycles. The highest BCUT2D eigenvalue weighted by molar-refractivity contribution is 7.91. The van der Waals surface area contributed by atoms with E-state index in [2.05, 4.69) is 5.32 Å². The van der Waals surface area contributed by atoms with Gasteiger partial charge < -0.3 is 10.2 Å². The molecule has 2 amide bonds. The maximum atomic E-state index is 12.8. The van der Waals surface area contributed by atoms with Gasteiger partial charge in [-0.05, 0) is 25.0 Å². The molecule has 1 fully saturated rings. The first-order valence-corrected chi connectivity index (χ1v) is 9.55. The quantitative estimate of drug-likeness (QED) is 0.835. The Labute approximate surface area is 140 Å². The highest BCUT2D eigenvalue weighted by Gasteiger charge is 2.40. The van der Waals surface area contributed by atoms with Crippen LogP contribution in [0.5, 0.6) is 0 Å². The van der Waals surface area contributed by atoms with Crippen LogP contribution in [0.15, 0.2) is 16.3 Å². The van der Waals surface area contributed by atoms with Crippen LogP contribution in [-0.4, -0.2) is 56.1 Å². The van der Waals surface area contributed by atoms with Crippen molar-refractivity contribution in [3.63, 3.8) is 0 Å². The smallest absolute Gasteiger partial charge is 0.253 e. The molecule has 2 heterocycles. The van der Waals surface area contributed by atoms with Crippen LogP contribution in [0.3, 0.4) is 0 Å². The number of rotatable bonds is 5. The molecule has 0 aromatic carbocycles. The number of thiophene rings is 1. The van der Waals surface area contributed by atoms with Crippen LogP contribution in [0.4, 0.5) is 0 Å². The summed E-state index contributed by atoms with van der Waals surface area (Å²) in [7, 11) is -0.438. The van der Waals surface area contributed by atoms with E-state index in [-0.39, 0.29) is 16.0 Å². The molecule has 1 atom stereocenters. The van der Waals surface area contributed by atoms with Crippen molar-refractivity contribution in [2.45, 2.75) is 36.6 Å². The van der Waals surface area contributed by atoms with Crippen molar-refractivity contribution >= 4 is 33.2 Å². The normalized spacial score (nSPS) is 18.8. The average Bonchev–Trinajstić information content (AvgIpc) is 3.13. The van der Waals surface area contributed by atoms with E-state index in [4.69, 9.17) is 0 Å². The van der Waals surface area contributed by atoms with Gasteiger partial charge in [-0.3, -0.25) is 9.59 Å². The Morgan fingerprint density at radius 1 is 1.39 bits per heavy atom. The molecule has 1 N–H and O–H groups in total. The second-order valence-corrected chi connectivity index (χ2v) is 8.92.